The van der Waals surface area contributed by atoms with Crippen molar-refractivity contribution in [3.8, 4) is 22.8 Å². The molecular weight excluding hydrogens is 258 g/mol. The lowest BCUT2D eigenvalue weighted by atomic mass is 9.83. The summed E-state index contributed by atoms with van der Waals surface area (Å²) in [6.45, 7) is 6.63. The van der Waals surface area contributed by atoms with E-state index in [-0.39, 0.29) is 5.41 Å². The summed E-state index contributed by atoms with van der Waals surface area (Å²) in [6.07, 6.45) is 0. The van der Waals surface area contributed by atoms with Gasteiger partial charge in [0.05, 0.1) is 0 Å². The number of hydrogen-bond acceptors (Lipinski definition) is 2. The smallest absolute Gasteiger partial charge is 0.181 e. The van der Waals surface area contributed by atoms with Gasteiger partial charge in [0.25, 0.3) is 0 Å². The number of nitrogens with one attached hydrogen (secondary N) is 1. The summed E-state index contributed by atoms with van der Waals surface area (Å²) in [5.41, 5.74) is 3.46. The minimum Gasteiger partial charge on any atom is -0.259 e. The molecule has 0 radical (unpaired) electrons. The van der Waals surface area contributed by atoms with Crippen LogP contribution in [0.4, 0.5) is 0 Å². The van der Waals surface area contributed by atoms with Crippen molar-refractivity contribution in [2.75, 3.05) is 0 Å². The van der Waals surface area contributed by atoms with Gasteiger partial charge in [-0.15, -0.1) is 0 Å². The SMILES string of the molecule is CC(C)(C)c1ccccc1-c1nc(-c2ccccc2)n[nH]1. The van der Waals surface area contributed by atoms with Gasteiger partial charge >= 0.3 is 0 Å². The molecule has 3 nitrogen and oxygen atoms in total. The van der Waals surface area contributed by atoms with E-state index in [1.165, 1.54) is 5.56 Å². The highest BCUT2D eigenvalue weighted by atomic mass is 15.2. The molecule has 0 atom stereocenters. The van der Waals surface area contributed by atoms with Crippen LogP contribution in [-0.2, 0) is 5.41 Å². The van der Waals surface area contributed by atoms with E-state index in [0.717, 1.165) is 22.8 Å². The monoisotopic (exact) mass is 277 g/mol. The fourth-order valence-electron chi connectivity index (χ4n) is 2.44. The van der Waals surface area contributed by atoms with Crippen LogP contribution in [0.3, 0.4) is 0 Å². The Morgan fingerprint density at radius 3 is 2.24 bits per heavy atom. The maximum atomic E-state index is 4.66. The van der Waals surface area contributed by atoms with Crippen LogP contribution < -0.4 is 0 Å². The minimum atomic E-state index is 0.0658. The molecule has 0 aliphatic carbocycles. The van der Waals surface area contributed by atoms with Crippen molar-refractivity contribution in [3.05, 3.63) is 60.2 Å². The molecule has 0 fully saturated rings. The molecule has 0 aliphatic rings. The average molecular weight is 277 g/mol. The van der Waals surface area contributed by atoms with Crippen LogP contribution in [0.15, 0.2) is 54.6 Å². The predicted octanol–water partition coefficient (Wildman–Crippen LogP) is 4.44. The molecule has 0 bridgehead atoms. The van der Waals surface area contributed by atoms with Crippen molar-refractivity contribution in [1.82, 2.24) is 15.2 Å². The molecule has 106 valence electrons. The molecule has 1 aromatic heterocycles. The highest BCUT2D eigenvalue weighted by Crippen LogP contribution is 2.31. The third kappa shape index (κ3) is 2.72. The number of rotatable bonds is 2. The quantitative estimate of drug-likeness (QED) is 0.752. The summed E-state index contributed by atoms with van der Waals surface area (Å²) in [7, 11) is 0. The van der Waals surface area contributed by atoms with Gasteiger partial charge in [0.15, 0.2) is 11.6 Å². The molecule has 1 heterocycles. The first-order chi connectivity index (χ1) is 10.1. The number of benzene rings is 2. The second kappa shape index (κ2) is 5.17. The first-order valence-electron chi connectivity index (χ1n) is 7.13. The normalized spacial score (nSPS) is 11.6. The molecule has 0 amide bonds. The zero-order chi connectivity index (χ0) is 14.9. The van der Waals surface area contributed by atoms with Gasteiger partial charge in [-0.1, -0.05) is 75.4 Å². The summed E-state index contributed by atoms with van der Waals surface area (Å²) in [5.74, 6) is 1.55. The van der Waals surface area contributed by atoms with Gasteiger partial charge in [-0.3, -0.25) is 5.10 Å². The molecule has 1 N–H and O–H groups in total. The van der Waals surface area contributed by atoms with E-state index in [1.54, 1.807) is 0 Å². The lowest BCUT2D eigenvalue weighted by Gasteiger charge is -2.21. The largest absolute Gasteiger partial charge is 0.259 e. The zero-order valence-corrected chi connectivity index (χ0v) is 12.6. The van der Waals surface area contributed by atoms with E-state index in [2.05, 4.69) is 54.2 Å². The van der Waals surface area contributed by atoms with Gasteiger partial charge in [0.2, 0.25) is 0 Å². The van der Waals surface area contributed by atoms with E-state index < -0.39 is 0 Å². The van der Waals surface area contributed by atoms with Gasteiger partial charge in [-0.2, -0.15) is 5.10 Å². The third-order valence-corrected chi connectivity index (χ3v) is 3.51. The number of aromatic amines is 1. The highest BCUT2D eigenvalue weighted by Gasteiger charge is 2.20. The Labute approximate surface area is 125 Å². The van der Waals surface area contributed by atoms with Crippen LogP contribution in [0.2, 0.25) is 0 Å². The number of hydrogen-bond donors (Lipinski definition) is 1. The molecule has 3 rings (SSSR count). The van der Waals surface area contributed by atoms with Crippen molar-refractivity contribution >= 4 is 0 Å². The first kappa shape index (κ1) is 13.6. The van der Waals surface area contributed by atoms with Crippen LogP contribution in [0.25, 0.3) is 22.8 Å². The topological polar surface area (TPSA) is 41.6 Å². The lowest BCUT2D eigenvalue weighted by molar-refractivity contribution is 0.591. The van der Waals surface area contributed by atoms with Crippen molar-refractivity contribution in [2.24, 2.45) is 0 Å². The highest BCUT2D eigenvalue weighted by molar-refractivity contribution is 5.65. The van der Waals surface area contributed by atoms with E-state index in [9.17, 15) is 0 Å². The molecule has 0 saturated carbocycles. The molecule has 2 aromatic carbocycles. The van der Waals surface area contributed by atoms with E-state index in [4.69, 9.17) is 0 Å². The zero-order valence-electron chi connectivity index (χ0n) is 12.6. The molecule has 0 unspecified atom stereocenters. The Morgan fingerprint density at radius 2 is 1.52 bits per heavy atom. The lowest BCUT2D eigenvalue weighted by Crippen LogP contribution is -2.12. The summed E-state index contributed by atoms with van der Waals surface area (Å²) >= 11 is 0. The maximum absolute atomic E-state index is 4.66. The Hall–Kier alpha value is -2.42. The standard InChI is InChI=1S/C18H19N3/c1-18(2,3)15-12-8-7-11-14(15)17-19-16(20-21-17)13-9-5-4-6-10-13/h4-12H,1-3H3,(H,19,20,21). The van der Waals surface area contributed by atoms with Crippen LogP contribution in [-0.4, -0.2) is 15.2 Å². The Bertz CT molecular complexity index is 736. The van der Waals surface area contributed by atoms with E-state index in [0.29, 0.717) is 0 Å². The predicted molar refractivity (Wildman–Crippen MR) is 86.0 cm³/mol. The van der Waals surface area contributed by atoms with Gasteiger partial charge in [0.1, 0.15) is 0 Å². The number of aromatic nitrogens is 3. The summed E-state index contributed by atoms with van der Waals surface area (Å²) in [6, 6.07) is 18.4. The molecule has 0 spiro atoms. The second-order valence-corrected chi connectivity index (χ2v) is 6.17. The first-order valence-corrected chi connectivity index (χ1v) is 7.13. The van der Waals surface area contributed by atoms with Crippen LogP contribution in [0, 0.1) is 0 Å². The van der Waals surface area contributed by atoms with Crippen molar-refractivity contribution in [1.29, 1.82) is 0 Å². The average Bonchev–Trinajstić information content (AvgIpc) is 2.97. The van der Waals surface area contributed by atoms with Gasteiger partial charge < -0.3 is 0 Å². The van der Waals surface area contributed by atoms with Gasteiger partial charge in [0, 0.05) is 11.1 Å². The number of H-pyrrole nitrogens is 1. The Balaban J connectivity index is 2.06. The molecular formula is C18H19N3. The molecule has 3 heteroatoms. The van der Waals surface area contributed by atoms with E-state index >= 15 is 0 Å². The van der Waals surface area contributed by atoms with E-state index in [1.807, 2.05) is 36.4 Å². The Kier molecular flexibility index (Phi) is 3.34. The number of nitrogens with zero attached hydrogens (tertiary/aromatic N) is 2. The summed E-state index contributed by atoms with van der Waals surface area (Å²) < 4.78 is 0. The third-order valence-electron chi connectivity index (χ3n) is 3.51. The minimum absolute atomic E-state index is 0.0658. The second-order valence-electron chi connectivity index (χ2n) is 6.17. The molecule has 21 heavy (non-hydrogen) atoms. The van der Waals surface area contributed by atoms with Crippen molar-refractivity contribution in [3.63, 3.8) is 0 Å². The summed E-state index contributed by atoms with van der Waals surface area (Å²) in [4.78, 5) is 4.66. The summed E-state index contributed by atoms with van der Waals surface area (Å²) in [5, 5.41) is 7.42. The van der Waals surface area contributed by atoms with Crippen LogP contribution >= 0.6 is 0 Å². The van der Waals surface area contributed by atoms with Crippen LogP contribution in [0.5, 0.6) is 0 Å². The van der Waals surface area contributed by atoms with Crippen LogP contribution in [0.1, 0.15) is 26.3 Å². The maximum Gasteiger partial charge on any atom is 0.181 e. The molecule has 0 saturated heterocycles. The fourth-order valence-corrected chi connectivity index (χ4v) is 2.44. The molecule has 0 aliphatic heterocycles. The van der Waals surface area contributed by atoms with Crippen molar-refractivity contribution in [2.45, 2.75) is 26.2 Å². The van der Waals surface area contributed by atoms with Gasteiger partial charge in [-0.25, -0.2) is 4.98 Å². The molecule has 3 aromatic rings. The fraction of sp³-hybridized carbons (Fsp3) is 0.222. The van der Waals surface area contributed by atoms with Gasteiger partial charge in [-0.05, 0) is 11.0 Å². The van der Waals surface area contributed by atoms with Crippen molar-refractivity contribution < 1.29 is 0 Å². The Morgan fingerprint density at radius 1 is 0.857 bits per heavy atom.